The van der Waals surface area contributed by atoms with Gasteiger partial charge in [0, 0.05) is 52.4 Å². The van der Waals surface area contributed by atoms with Gasteiger partial charge in [0.25, 0.3) is 0 Å². The van der Waals surface area contributed by atoms with E-state index in [1.165, 1.54) is 4.90 Å². The Morgan fingerprint density at radius 1 is 0.878 bits per heavy atom. The summed E-state index contributed by atoms with van der Waals surface area (Å²) in [4.78, 5) is 50.2. The lowest BCUT2D eigenvalue weighted by Crippen LogP contribution is -2.57. The standard InChI is InChI=1S/C31H40N4O6/c1-2-30-10-6-13-34(22-23-8-4-3-5-9-23)27(37)24(30)25-28(38)35(16-19-36)26-29(39)33(12-7-11-31(25,26)41-30)15-14-32-17-20-40-21-18-32/h3-11,24-26,36H,2,12-22H2,1H3/t24-,25+,26?,30+,31+/m1/s1. The van der Waals surface area contributed by atoms with Crippen LogP contribution in [0.25, 0.3) is 0 Å². The highest BCUT2D eigenvalue weighted by atomic mass is 16.5. The number of β-amino-alcohol motifs (C(OH)–C–C–N with tert-alkyl or cyclic N) is 1. The molecule has 3 fully saturated rings. The fourth-order valence-corrected chi connectivity index (χ4v) is 7.44. The van der Waals surface area contributed by atoms with Crippen LogP contribution in [0.4, 0.5) is 0 Å². The lowest BCUT2D eigenvalue weighted by atomic mass is 9.73. The van der Waals surface area contributed by atoms with E-state index in [-0.39, 0.29) is 30.9 Å². The van der Waals surface area contributed by atoms with Crippen molar-refractivity contribution >= 4 is 17.7 Å². The third-order valence-corrected chi connectivity index (χ3v) is 9.45. The Morgan fingerprint density at radius 2 is 1.61 bits per heavy atom. The summed E-state index contributed by atoms with van der Waals surface area (Å²) in [6.45, 7) is 7.13. The average molecular weight is 565 g/mol. The van der Waals surface area contributed by atoms with Crippen LogP contribution in [0.1, 0.15) is 18.9 Å². The number of carbonyl (C=O) groups is 3. The normalized spacial score (nSPS) is 33.6. The van der Waals surface area contributed by atoms with Crippen molar-refractivity contribution in [2.24, 2.45) is 11.8 Å². The van der Waals surface area contributed by atoms with Crippen molar-refractivity contribution in [3.05, 3.63) is 60.2 Å². The van der Waals surface area contributed by atoms with Gasteiger partial charge in [0.1, 0.15) is 11.6 Å². The van der Waals surface area contributed by atoms with Crippen LogP contribution < -0.4 is 0 Å². The third kappa shape index (κ3) is 4.70. The third-order valence-electron chi connectivity index (χ3n) is 9.45. The molecule has 0 bridgehead atoms. The molecule has 1 aromatic rings. The lowest BCUT2D eigenvalue weighted by molar-refractivity contribution is -0.154. The van der Waals surface area contributed by atoms with Crippen LogP contribution in [0.15, 0.2) is 54.6 Å². The second-order valence-corrected chi connectivity index (χ2v) is 11.6. The Morgan fingerprint density at radius 3 is 2.34 bits per heavy atom. The largest absolute Gasteiger partial charge is 0.395 e. The molecule has 220 valence electrons. The number of aliphatic hydroxyl groups excluding tert-OH is 1. The van der Waals surface area contributed by atoms with Crippen molar-refractivity contribution in [1.29, 1.82) is 0 Å². The van der Waals surface area contributed by atoms with Crippen LogP contribution in [0.3, 0.4) is 0 Å². The van der Waals surface area contributed by atoms with Crippen LogP contribution in [-0.2, 0) is 30.4 Å². The van der Waals surface area contributed by atoms with Gasteiger partial charge in [0.2, 0.25) is 17.7 Å². The minimum atomic E-state index is -1.30. The number of morpholine rings is 1. The van der Waals surface area contributed by atoms with E-state index in [2.05, 4.69) is 4.90 Å². The molecule has 3 saturated heterocycles. The first-order valence-corrected chi connectivity index (χ1v) is 14.8. The Kier molecular flexibility index (Phi) is 7.76. The number of benzene rings is 1. The van der Waals surface area contributed by atoms with E-state index in [0.717, 1.165) is 18.7 Å². The summed E-state index contributed by atoms with van der Waals surface area (Å²) >= 11 is 0. The Balaban J connectivity index is 1.35. The molecule has 0 radical (unpaired) electrons. The van der Waals surface area contributed by atoms with Crippen molar-refractivity contribution in [2.75, 3.05) is 65.6 Å². The van der Waals surface area contributed by atoms with Crippen LogP contribution in [0.2, 0.25) is 0 Å². The van der Waals surface area contributed by atoms with Crippen molar-refractivity contribution in [1.82, 2.24) is 19.6 Å². The summed E-state index contributed by atoms with van der Waals surface area (Å²) in [5.41, 5.74) is -1.31. The molecule has 3 amide bonds. The zero-order valence-electron chi connectivity index (χ0n) is 23.7. The Bertz CT molecular complexity index is 1220. The van der Waals surface area contributed by atoms with Gasteiger partial charge in [-0.05, 0) is 12.0 Å². The predicted molar refractivity (Wildman–Crippen MR) is 150 cm³/mol. The van der Waals surface area contributed by atoms with Crippen molar-refractivity contribution < 1.29 is 29.0 Å². The average Bonchev–Trinajstić information content (AvgIpc) is 3.28. The number of rotatable bonds is 8. The summed E-state index contributed by atoms with van der Waals surface area (Å²) in [5.74, 6) is -2.30. The van der Waals surface area contributed by atoms with E-state index in [1.807, 2.05) is 61.6 Å². The SMILES string of the molecule is CC[C@]12C=CCN(Cc3ccccc3)C(=O)[C@H]1[C@H]1C(=O)N(CCO)C3C(=O)N(CCN4CCOCC4)CC=C[C@@]31O2. The number of hydrogen-bond acceptors (Lipinski definition) is 7. The summed E-state index contributed by atoms with van der Waals surface area (Å²) in [6.07, 6.45) is 8.20. The monoisotopic (exact) mass is 564 g/mol. The molecule has 5 heterocycles. The van der Waals surface area contributed by atoms with Gasteiger partial charge >= 0.3 is 0 Å². The molecule has 41 heavy (non-hydrogen) atoms. The van der Waals surface area contributed by atoms with Crippen LogP contribution in [0, 0.1) is 11.8 Å². The fraction of sp³-hybridized carbons (Fsp3) is 0.581. The molecule has 10 nitrogen and oxygen atoms in total. The molecule has 5 aliphatic rings. The molecule has 5 aliphatic heterocycles. The molecule has 1 spiro atoms. The molecule has 5 atom stereocenters. The maximum absolute atomic E-state index is 14.4. The maximum atomic E-state index is 14.4. The number of ether oxygens (including phenoxy) is 2. The molecule has 6 rings (SSSR count). The highest BCUT2D eigenvalue weighted by Gasteiger charge is 2.75. The number of nitrogens with zero attached hydrogens (tertiary/aromatic N) is 4. The van der Waals surface area contributed by atoms with Crippen LogP contribution in [0.5, 0.6) is 0 Å². The Labute approximate surface area is 241 Å². The zero-order valence-corrected chi connectivity index (χ0v) is 23.7. The fourth-order valence-electron chi connectivity index (χ4n) is 7.44. The van der Waals surface area contributed by atoms with Crippen LogP contribution in [-0.4, -0.2) is 125 Å². The van der Waals surface area contributed by atoms with Gasteiger partial charge in [-0.15, -0.1) is 0 Å². The summed E-state index contributed by atoms with van der Waals surface area (Å²) in [5, 5.41) is 9.94. The number of carbonyl (C=O) groups excluding carboxylic acids is 3. The van der Waals surface area contributed by atoms with Gasteiger partial charge < -0.3 is 29.3 Å². The van der Waals surface area contributed by atoms with Gasteiger partial charge in [-0.3, -0.25) is 19.3 Å². The minimum absolute atomic E-state index is 0.00555. The van der Waals surface area contributed by atoms with Crippen molar-refractivity contribution in [3.63, 3.8) is 0 Å². The number of fused-ring (bicyclic) bond motifs is 2. The summed E-state index contributed by atoms with van der Waals surface area (Å²) in [6, 6.07) is 8.86. The quantitative estimate of drug-likeness (QED) is 0.463. The Hall–Kier alpha value is -3.05. The highest BCUT2D eigenvalue weighted by molar-refractivity contribution is 6.00. The van der Waals surface area contributed by atoms with E-state index in [1.54, 1.807) is 9.80 Å². The van der Waals surface area contributed by atoms with E-state index >= 15 is 0 Å². The molecule has 0 aliphatic carbocycles. The molecular formula is C31H40N4O6. The molecule has 1 aromatic carbocycles. The lowest BCUT2D eigenvalue weighted by Gasteiger charge is -2.38. The first-order valence-electron chi connectivity index (χ1n) is 14.8. The van der Waals surface area contributed by atoms with Crippen molar-refractivity contribution in [2.45, 2.75) is 37.1 Å². The first kappa shape index (κ1) is 28.1. The summed E-state index contributed by atoms with van der Waals surface area (Å²) < 4.78 is 12.4. The molecule has 0 saturated carbocycles. The minimum Gasteiger partial charge on any atom is -0.395 e. The van der Waals surface area contributed by atoms with Gasteiger partial charge in [-0.2, -0.15) is 0 Å². The molecule has 1 N–H and O–H groups in total. The van der Waals surface area contributed by atoms with Gasteiger partial charge in [0.05, 0.1) is 37.3 Å². The van der Waals surface area contributed by atoms with Crippen molar-refractivity contribution in [3.8, 4) is 0 Å². The van der Waals surface area contributed by atoms with Gasteiger partial charge in [-0.1, -0.05) is 61.6 Å². The zero-order chi connectivity index (χ0) is 28.6. The first-order chi connectivity index (χ1) is 19.9. The molecule has 0 aromatic heterocycles. The second kappa shape index (κ2) is 11.3. The number of amides is 3. The number of hydrogen-bond donors (Lipinski definition) is 1. The van der Waals surface area contributed by atoms with E-state index in [9.17, 15) is 19.5 Å². The predicted octanol–water partition coefficient (Wildman–Crippen LogP) is 0.669. The number of aliphatic hydroxyl groups is 1. The second-order valence-electron chi connectivity index (χ2n) is 11.6. The maximum Gasteiger partial charge on any atom is 0.249 e. The molecule has 1 unspecified atom stereocenters. The van der Waals surface area contributed by atoms with E-state index < -0.39 is 29.1 Å². The summed E-state index contributed by atoms with van der Waals surface area (Å²) in [7, 11) is 0. The van der Waals surface area contributed by atoms with Gasteiger partial charge in [0.15, 0.2) is 0 Å². The van der Waals surface area contributed by atoms with E-state index in [4.69, 9.17) is 9.47 Å². The smallest absolute Gasteiger partial charge is 0.249 e. The highest BCUT2D eigenvalue weighted by Crippen LogP contribution is 2.58. The van der Waals surface area contributed by atoms with Gasteiger partial charge in [-0.25, -0.2) is 0 Å². The topological polar surface area (TPSA) is 103 Å². The number of likely N-dealkylation sites (tertiary alicyclic amines) is 1. The molecular weight excluding hydrogens is 524 g/mol. The van der Waals surface area contributed by atoms with Crippen LogP contribution >= 0.6 is 0 Å². The van der Waals surface area contributed by atoms with E-state index in [0.29, 0.717) is 52.4 Å². The molecule has 10 heteroatoms.